The molecule has 1 saturated heterocycles. The molecule has 0 aliphatic carbocycles. The Morgan fingerprint density at radius 2 is 1.95 bits per heavy atom. The van der Waals surface area contributed by atoms with Gasteiger partial charge in [0.05, 0.1) is 11.3 Å². The molecule has 22 heavy (non-hydrogen) atoms. The number of para-hydroxylation sites is 1. The molecule has 2 aromatic rings. The molecule has 0 atom stereocenters. The third-order valence-corrected chi connectivity index (χ3v) is 5.85. The summed E-state index contributed by atoms with van der Waals surface area (Å²) in [5.41, 5.74) is 2.79. The molecule has 6 heteroatoms. The first-order valence-electron chi connectivity index (χ1n) is 7.64. The SMILES string of the molecule is Cc1cc(NCCS(=O)(=O)N2CCCC2)c2ccccc2n1. The van der Waals surface area contributed by atoms with Crippen molar-refractivity contribution in [2.24, 2.45) is 0 Å². The van der Waals surface area contributed by atoms with Crippen molar-refractivity contribution in [1.29, 1.82) is 0 Å². The van der Waals surface area contributed by atoms with Crippen LogP contribution in [-0.2, 0) is 10.0 Å². The number of hydrogen-bond acceptors (Lipinski definition) is 4. The lowest BCUT2D eigenvalue weighted by Gasteiger charge is -2.16. The highest BCUT2D eigenvalue weighted by atomic mass is 32.2. The van der Waals surface area contributed by atoms with Crippen molar-refractivity contribution in [1.82, 2.24) is 9.29 Å². The van der Waals surface area contributed by atoms with E-state index >= 15 is 0 Å². The van der Waals surface area contributed by atoms with Crippen LogP contribution in [0.2, 0.25) is 0 Å². The lowest BCUT2D eigenvalue weighted by Crippen LogP contribution is -2.32. The van der Waals surface area contributed by atoms with Crippen molar-refractivity contribution in [2.45, 2.75) is 19.8 Å². The molecule has 2 heterocycles. The maximum Gasteiger partial charge on any atom is 0.215 e. The number of benzene rings is 1. The van der Waals surface area contributed by atoms with E-state index < -0.39 is 10.0 Å². The van der Waals surface area contributed by atoms with E-state index in [1.165, 1.54) is 0 Å². The van der Waals surface area contributed by atoms with E-state index in [0.717, 1.165) is 35.1 Å². The number of aryl methyl sites for hydroxylation is 1. The smallest absolute Gasteiger partial charge is 0.215 e. The van der Waals surface area contributed by atoms with Crippen LogP contribution in [0.4, 0.5) is 5.69 Å². The predicted molar refractivity (Wildman–Crippen MR) is 89.6 cm³/mol. The fraction of sp³-hybridized carbons (Fsp3) is 0.438. The van der Waals surface area contributed by atoms with Gasteiger partial charge in [-0.05, 0) is 31.9 Å². The average molecular weight is 319 g/mol. The molecular formula is C16H21N3O2S. The highest BCUT2D eigenvalue weighted by Gasteiger charge is 2.24. The maximum absolute atomic E-state index is 12.2. The van der Waals surface area contributed by atoms with Crippen molar-refractivity contribution >= 4 is 26.6 Å². The van der Waals surface area contributed by atoms with E-state index in [0.29, 0.717) is 19.6 Å². The van der Waals surface area contributed by atoms with Gasteiger partial charge in [-0.1, -0.05) is 18.2 Å². The third kappa shape index (κ3) is 3.23. The molecule has 0 radical (unpaired) electrons. The zero-order chi connectivity index (χ0) is 15.6. The van der Waals surface area contributed by atoms with E-state index in [9.17, 15) is 8.42 Å². The number of aromatic nitrogens is 1. The molecule has 0 amide bonds. The van der Waals surface area contributed by atoms with E-state index in [-0.39, 0.29) is 5.75 Å². The molecule has 3 rings (SSSR count). The molecule has 118 valence electrons. The van der Waals surface area contributed by atoms with E-state index in [1.807, 2.05) is 37.3 Å². The summed E-state index contributed by atoms with van der Waals surface area (Å²) in [7, 11) is -3.14. The maximum atomic E-state index is 12.2. The standard InChI is InChI=1S/C16H21N3O2S/c1-13-12-16(14-6-2-3-7-15(14)18-13)17-8-11-22(20,21)19-9-4-5-10-19/h2-3,6-7,12H,4-5,8-11H2,1H3,(H,17,18). The number of fused-ring (bicyclic) bond motifs is 1. The normalized spacial score (nSPS) is 16.2. The van der Waals surface area contributed by atoms with Crippen LogP contribution in [-0.4, -0.2) is 43.1 Å². The Labute approximate surface area is 131 Å². The van der Waals surface area contributed by atoms with Gasteiger partial charge in [-0.15, -0.1) is 0 Å². The highest BCUT2D eigenvalue weighted by molar-refractivity contribution is 7.89. The second-order valence-corrected chi connectivity index (χ2v) is 7.77. The number of anilines is 1. The molecule has 1 aromatic heterocycles. The molecular weight excluding hydrogens is 298 g/mol. The summed E-state index contributed by atoms with van der Waals surface area (Å²) in [5.74, 6) is 0.128. The minimum Gasteiger partial charge on any atom is -0.383 e. The second-order valence-electron chi connectivity index (χ2n) is 5.68. The van der Waals surface area contributed by atoms with Crippen LogP contribution in [0, 0.1) is 6.92 Å². The van der Waals surface area contributed by atoms with E-state index in [1.54, 1.807) is 4.31 Å². The van der Waals surface area contributed by atoms with Gasteiger partial charge in [-0.25, -0.2) is 12.7 Å². The molecule has 5 nitrogen and oxygen atoms in total. The molecule has 1 aromatic carbocycles. The van der Waals surface area contributed by atoms with E-state index in [2.05, 4.69) is 10.3 Å². The molecule has 1 aliphatic heterocycles. The van der Waals surface area contributed by atoms with Crippen LogP contribution in [0.15, 0.2) is 30.3 Å². The zero-order valence-corrected chi connectivity index (χ0v) is 13.6. The molecule has 0 saturated carbocycles. The Morgan fingerprint density at radius 1 is 1.23 bits per heavy atom. The van der Waals surface area contributed by atoms with Gasteiger partial charge >= 0.3 is 0 Å². The quantitative estimate of drug-likeness (QED) is 0.919. The Balaban J connectivity index is 1.71. The van der Waals surface area contributed by atoms with Crippen LogP contribution in [0.3, 0.4) is 0 Å². The fourth-order valence-corrected chi connectivity index (χ4v) is 4.30. The molecule has 0 bridgehead atoms. The molecule has 1 aliphatic rings. The van der Waals surface area contributed by atoms with Crippen molar-refractivity contribution < 1.29 is 8.42 Å². The van der Waals surface area contributed by atoms with Crippen LogP contribution >= 0.6 is 0 Å². The van der Waals surface area contributed by atoms with Gasteiger partial charge in [0.2, 0.25) is 10.0 Å². The van der Waals surface area contributed by atoms with Crippen molar-refractivity contribution in [3.63, 3.8) is 0 Å². The summed E-state index contributed by atoms with van der Waals surface area (Å²) in [4.78, 5) is 4.49. The first kappa shape index (κ1) is 15.2. The molecule has 1 fully saturated rings. The Morgan fingerprint density at radius 3 is 2.73 bits per heavy atom. The Hall–Kier alpha value is -1.66. The zero-order valence-electron chi connectivity index (χ0n) is 12.7. The third-order valence-electron chi connectivity index (χ3n) is 3.98. The van der Waals surface area contributed by atoms with Gasteiger partial charge in [0.1, 0.15) is 0 Å². The number of pyridine rings is 1. The van der Waals surface area contributed by atoms with Crippen LogP contribution in [0.25, 0.3) is 10.9 Å². The summed E-state index contributed by atoms with van der Waals surface area (Å²) < 4.78 is 26.1. The second kappa shape index (κ2) is 6.22. The number of hydrogen-bond donors (Lipinski definition) is 1. The van der Waals surface area contributed by atoms with Crippen molar-refractivity contribution in [3.05, 3.63) is 36.0 Å². The van der Waals surface area contributed by atoms with Crippen molar-refractivity contribution in [2.75, 3.05) is 30.7 Å². The Bertz CT molecular complexity index is 768. The lowest BCUT2D eigenvalue weighted by molar-refractivity contribution is 0.478. The molecule has 0 spiro atoms. The average Bonchev–Trinajstić information content (AvgIpc) is 3.02. The summed E-state index contributed by atoms with van der Waals surface area (Å²) in [6.07, 6.45) is 1.95. The first-order chi connectivity index (χ1) is 10.6. The van der Waals surface area contributed by atoms with Crippen LogP contribution in [0.5, 0.6) is 0 Å². The van der Waals surface area contributed by atoms with Gasteiger partial charge in [-0.2, -0.15) is 0 Å². The lowest BCUT2D eigenvalue weighted by atomic mass is 10.1. The summed E-state index contributed by atoms with van der Waals surface area (Å²) >= 11 is 0. The number of nitrogens with zero attached hydrogens (tertiary/aromatic N) is 2. The van der Waals surface area contributed by atoms with Gasteiger partial charge in [-0.3, -0.25) is 4.98 Å². The number of nitrogens with one attached hydrogen (secondary N) is 1. The number of rotatable bonds is 5. The van der Waals surface area contributed by atoms with Crippen LogP contribution in [0.1, 0.15) is 18.5 Å². The number of sulfonamides is 1. The first-order valence-corrected chi connectivity index (χ1v) is 9.25. The van der Waals surface area contributed by atoms with Gasteiger partial charge in [0, 0.05) is 36.4 Å². The molecule has 1 N–H and O–H groups in total. The summed E-state index contributed by atoms with van der Waals surface area (Å²) in [6, 6.07) is 9.85. The van der Waals surface area contributed by atoms with Gasteiger partial charge in [0.15, 0.2) is 0 Å². The largest absolute Gasteiger partial charge is 0.383 e. The topological polar surface area (TPSA) is 62.3 Å². The predicted octanol–water partition coefficient (Wildman–Crippen LogP) is 2.38. The van der Waals surface area contributed by atoms with E-state index in [4.69, 9.17) is 0 Å². The van der Waals surface area contributed by atoms with Crippen molar-refractivity contribution in [3.8, 4) is 0 Å². The minimum atomic E-state index is -3.14. The summed E-state index contributed by atoms with van der Waals surface area (Å²) in [6.45, 7) is 3.68. The van der Waals surface area contributed by atoms with Gasteiger partial charge in [0.25, 0.3) is 0 Å². The Kier molecular flexibility index (Phi) is 4.31. The van der Waals surface area contributed by atoms with Crippen LogP contribution < -0.4 is 5.32 Å². The monoisotopic (exact) mass is 319 g/mol. The minimum absolute atomic E-state index is 0.128. The fourth-order valence-electron chi connectivity index (χ4n) is 2.86. The summed E-state index contributed by atoms with van der Waals surface area (Å²) in [5, 5.41) is 4.28. The highest BCUT2D eigenvalue weighted by Crippen LogP contribution is 2.23. The van der Waals surface area contributed by atoms with Gasteiger partial charge < -0.3 is 5.32 Å². The molecule has 0 unspecified atom stereocenters.